The summed E-state index contributed by atoms with van der Waals surface area (Å²) < 4.78 is 7.95. The van der Waals surface area contributed by atoms with Crippen molar-refractivity contribution in [2.24, 2.45) is 0 Å². The highest BCUT2D eigenvalue weighted by Crippen LogP contribution is 2.24. The van der Waals surface area contributed by atoms with Crippen LogP contribution in [0, 0.1) is 13.8 Å². The largest absolute Gasteiger partial charge is 0.492 e. The number of nitrogens with two attached hydrogens (primary N) is 2. The second kappa shape index (κ2) is 7.19. The van der Waals surface area contributed by atoms with E-state index < -0.39 is 0 Å². The van der Waals surface area contributed by atoms with Crippen LogP contribution in [-0.2, 0) is 6.54 Å². The van der Waals surface area contributed by atoms with Gasteiger partial charge in [0.05, 0.1) is 12.2 Å². The number of aryl methyl sites for hydroxylation is 2. The number of rotatable bonds is 5. The number of benzene rings is 1. The molecule has 0 aliphatic heterocycles. The van der Waals surface area contributed by atoms with Crippen molar-refractivity contribution in [3.05, 3.63) is 59.9 Å². The number of aromatic nitrogens is 4. The monoisotopic (exact) mass is 374 g/mol. The zero-order valence-electron chi connectivity index (χ0n) is 15.9. The Morgan fingerprint density at radius 3 is 2.46 bits per heavy atom. The molecule has 0 bridgehead atoms. The van der Waals surface area contributed by atoms with Gasteiger partial charge in [0.15, 0.2) is 5.65 Å². The average Bonchev–Trinajstić information content (AvgIpc) is 2.96. The van der Waals surface area contributed by atoms with Gasteiger partial charge in [-0.25, -0.2) is 15.0 Å². The van der Waals surface area contributed by atoms with Gasteiger partial charge in [0, 0.05) is 5.56 Å². The van der Waals surface area contributed by atoms with E-state index in [9.17, 15) is 0 Å². The van der Waals surface area contributed by atoms with Gasteiger partial charge < -0.3 is 20.8 Å². The highest BCUT2D eigenvalue weighted by molar-refractivity contribution is 5.77. The van der Waals surface area contributed by atoms with Crippen molar-refractivity contribution in [2.45, 2.75) is 20.4 Å². The Hall–Kier alpha value is -3.61. The van der Waals surface area contributed by atoms with Crippen LogP contribution < -0.4 is 16.2 Å². The van der Waals surface area contributed by atoms with Crippen molar-refractivity contribution in [3.8, 4) is 17.0 Å². The quantitative estimate of drug-likeness (QED) is 0.555. The fourth-order valence-electron chi connectivity index (χ4n) is 3.23. The zero-order chi connectivity index (χ0) is 19.7. The van der Waals surface area contributed by atoms with Gasteiger partial charge in [0.2, 0.25) is 0 Å². The maximum Gasteiger partial charge on any atom is 0.160 e. The van der Waals surface area contributed by atoms with E-state index in [4.69, 9.17) is 21.2 Å². The molecule has 142 valence electrons. The Balaban J connectivity index is 1.62. The lowest BCUT2D eigenvalue weighted by molar-refractivity contribution is 0.298. The predicted molar refractivity (Wildman–Crippen MR) is 111 cm³/mol. The van der Waals surface area contributed by atoms with Crippen molar-refractivity contribution >= 4 is 22.8 Å². The van der Waals surface area contributed by atoms with Crippen LogP contribution in [0.2, 0.25) is 0 Å². The van der Waals surface area contributed by atoms with Crippen LogP contribution in [0.3, 0.4) is 0 Å². The van der Waals surface area contributed by atoms with Gasteiger partial charge in [-0.1, -0.05) is 12.1 Å². The number of hydrogen-bond donors (Lipinski definition) is 2. The summed E-state index contributed by atoms with van der Waals surface area (Å²) in [5.74, 6) is 2.49. The van der Waals surface area contributed by atoms with Crippen LogP contribution in [0.15, 0.2) is 48.5 Å². The molecule has 0 aliphatic rings. The molecule has 7 nitrogen and oxygen atoms in total. The summed E-state index contributed by atoms with van der Waals surface area (Å²) >= 11 is 0. The number of anilines is 2. The van der Waals surface area contributed by atoms with E-state index in [1.807, 2.05) is 50.2 Å². The maximum absolute atomic E-state index is 5.89. The molecule has 4 rings (SSSR count). The lowest BCUT2D eigenvalue weighted by Crippen LogP contribution is -2.10. The van der Waals surface area contributed by atoms with E-state index in [1.165, 1.54) is 5.56 Å². The summed E-state index contributed by atoms with van der Waals surface area (Å²) in [4.78, 5) is 13.4. The number of fused-ring (bicyclic) bond motifs is 1. The molecular weight excluding hydrogens is 352 g/mol. The minimum absolute atomic E-state index is 0.369. The van der Waals surface area contributed by atoms with Gasteiger partial charge in [0.25, 0.3) is 0 Å². The molecule has 0 saturated carbocycles. The van der Waals surface area contributed by atoms with E-state index in [-0.39, 0.29) is 0 Å². The molecule has 4 aromatic rings. The molecule has 0 amide bonds. The molecule has 0 radical (unpaired) electrons. The molecule has 3 aromatic heterocycles. The van der Waals surface area contributed by atoms with E-state index in [1.54, 1.807) is 12.1 Å². The summed E-state index contributed by atoms with van der Waals surface area (Å²) in [6.07, 6.45) is 0. The molecule has 4 N–H and O–H groups in total. The number of hydrogen-bond acceptors (Lipinski definition) is 6. The summed E-state index contributed by atoms with van der Waals surface area (Å²) in [7, 11) is 0. The van der Waals surface area contributed by atoms with E-state index >= 15 is 0 Å². The first-order valence-electron chi connectivity index (χ1n) is 9.06. The summed E-state index contributed by atoms with van der Waals surface area (Å²) in [5, 5.41) is 0. The highest BCUT2D eigenvalue weighted by atomic mass is 16.5. The summed E-state index contributed by atoms with van der Waals surface area (Å²) in [6.45, 7) is 5.19. The molecule has 0 unspecified atom stereocenters. The Morgan fingerprint density at radius 2 is 1.71 bits per heavy atom. The van der Waals surface area contributed by atoms with Crippen LogP contribution in [0.5, 0.6) is 5.75 Å². The first-order valence-corrected chi connectivity index (χ1v) is 9.06. The third kappa shape index (κ3) is 3.59. The van der Waals surface area contributed by atoms with Gasteiger partial charge in [0.1, 0.15) is 35.3 Å². The Bertz CT molecular complexity index is 1130. The van der Waals surface area contributed by atoms with Crippen LogP contribution in [0.1, 0.15) is 11.4 Å². The molecule has 0 saturated heterocycles. The van der Waals surface area contributed by atoms with Gasteiger partial charge in [-0.2, -0.15) is 0 Å². The third-order valence-electron chi connectivity index (χ3n) is 4.52. The van der Waals surface area contributed by atoms with Crippen LogP contribution in [0.25, 0.3) is 22.4 Å². The minimum Gasteiger partial charge on any atom is -0.492 e. The Morgan fingerprint density at radius 1 is 0.929 bits per heavy atom. The number of nitrogens with zero attached hydrogens (tertiary/aromatic N) is 4. The first-order chi connectivity index (χ1) is 13.5. The molecular formula is C21H22N6O. The number of pyridine rings is 2. The van der Waals surface area contributed by atoms with Crippen molar-refractivity contribution in [3.63, 3.8) is 0 Å². The smallest absolute Gasteiger partial charge is 0.160 e. The number of nitrogen functional groups attached to an aromatic ring is 2. The van der Waals surface area contributed by atoms with Gasteiger partial charge >= 0.3 is 0 Å². The molecule has 28 heavy (non-hydrogen) atoms. The van der Waals surface area contributed by atoms with Gasteiger partial charge in [-0.05, 0) is 55.8 Å². The van der Waals surface area contributed by atoms with E-state index in [0.29, 0.717) is 24.8 Å². The zero-order valence-corrected chi connectivity index (χ0v) is 15.9. The molecule has 0 atom stereocenters. The van der Waals surface area contributed by atoms with Crippen molar-refractivity contribution in [2.75, 3.05) is 18.1 Å². The topological polar surface area (TPSA) is 105 Å². The van der Waals surface area contributed by atoms with Crippen LogP contribution in [0.4, 0.5) is 11.6 Å². The number of ether oxygens (including phenoxy) is 1. The Labute approximate surface area is 163 Å². The van der Waals surface area contributed by atoms with E-state index in [2.05, 4.69) is 14.5 Å². The summed E-state index contributed by atoms with van der Waals surface area (Å²) in [6, 6.07) is 15.4. The lowest BCUT2D eigenvalue weighted by atomic mass is 10.1. The van der Waals surface area contributed by atoms with Crippen molar-refractivity contribution in [1.29, 1.82) is 0 Å². The fraction of sp³-hybridized carbons (Fsp3) is 0.190. The predicted octanol–water partition coefficient (Wildman–Crippen LogP) is 3.35. The second-order valence-corrected chi connectivity index (χ2v) is 6.72. The van der Waals surface area contributed by atoms with Crippen LogP contribution >= 0.6 is 0 Å². The number of imidazole rings is 1. The summed E-state index contributed by atoms with van der Waals surface area (Å²) in [5.41, 5.74) is 16.1. The van der Waals surface area contributed by atoms with Gasteiger partial charge in [-0.15, -0.1) is 0 Å². The van der Waals surface area contributed by atoms with Gasteiger partial charge in [-0.3, -0.25) is 0 Å². The molecule has 0 fully saturated rings. The molecule has 7 heteroatoms. The SMILES string of the molecule is Cc1cccc(OCCn2c(C)nc3ccc(-c4cc(N)nc(N)c4)nc32)c1. The molecule has 3 heterocycles. The lowest BCUT2D eigenvalue weighted by Gasteiger charge is -2.10. The van der Waals surface area contributed by atoms with E-state index in [0.717, 1.165) is 34.0 Å². The van der Waals surface area contributed by atoms with Crippen molar-refractivity contribution < 1.29 is 4.74 Å². The Kier molecular flexibility index (Phi) is 4.57. The third-order valence-corrected chi connectivity index (χ3v) is 4.52. The van der Waals surface area contributed by atoms with Crippen LogP contribution in [-0.4, -0.2) is 26.1 Å². The van der Waals surface area contributed by atoms with Crippen molar-refractivity contribution in [1.82, 2.24) is 19.5 Å². The molecule has 0 aliphatic carbocycles. The second-order valence-electron chi connectivity index (χ2n) is 6.72. The molecule has 1 aromatic carbocycles. The standard InChI is InChI=1S/C21H22N6O/c1-13-4-3-5-16(10-13)28-9-8-27-14(2)24-18-7-6-17(25-21(18)27)15-11-19(22)26-20(23)12-15/h3-7,10-12H,8-9H2,1-2H3,(H4,22,23,26). The highest BCUT2D eigenvalue weighted by Gasteiger charge is 2.11. The minimum atomic E-state index is 0.369. The maximum atomic E-state index is 5.89. The average molecular weight is 374 g/mol. The first kappa shape index (κ1) is 17.8. The molecule has 0 spiro atoms. The normalized spacial score (nSPS) is 11.1. The fourth-order valence-corrected chi connectivity index (χ4v) is 3.23.